The average Bonchev–Trinajstić information content (AvgIpc) is 2.77. The van der Waals surface area contributed by atoms with Gasteiger partial charge in [0.1, 0.15) is 0 Å². The highest BCUT2D eigenvalue weighted by atomic mass is 16.5. The number of likely N-dealkylation sites (N-methyl/N-ethyl adjacent to an activating group) is 1. The minimum atomic E-state index is 0.350. The number of nitrogens with zero attached hydrogens (tertiary/aromatic N) is 1. The average molecular weight is 325 g/mol. The van der Waals surface area contributed by atoms with Crippen molar-refractivity contribution in [3.63, 3.8) is 0 Å². The molecule has 0 radical (unpaired) electrons. The van der Waals surface area contributed by atoms with Crippen LogP contribution in [0.25, 0.3) is 0 Å². The van der Waals surface area contributed by atoms with Gasteiger partial charge in [-0.3, -0.25) is 0 Å². The van der Waals surface area contributed by atoms with Crippen LogP contribution in [0.5, 0.6) is 11.5 Å². The zero-order chi connectivity index (χ0) is 17.1. The Balaban J connectivity index is 2.15. The largest absolute Gasteiger partial charge is 0.493 e. The van der Waals surface area contributed by atoms with Crippen molar-refractivity contribution in [1.29, 1.82) is 0 Å². The molecule has 1 unspecified atom stereocenters. The molecule has 2 atom stereocenters. The maximum atomic E-state index is 5.57. The van der Waals surface area contributed by atoms with E-state index in [0.29, 0.717) is 12.0 Å². The summed E-state index contributed by atoms with van der Waals surface area (Å²) in [6.45, 7) is 3.29. The van der Waals surface area contributed by atoms with Crippen LogP contribution in [-0.2, 0) is 6.42 Å². The summed E-state index contributed by atoms with van der Waals surface area (Å²) in [5.74, 6) is 1.99. The highest BCUT2D eigenvalue weighted by Gasteiger charge is 2.29. The quantitative estimate of drug-likeness (QED) is 0.845. The number of hydrogen-bond acceptors (Lipinski definition) is 3. The first kappa shape index (κ1) is 16.8. The first-order chi connectivity index (χ1) is 11.7. The summed E-state index contributed by atoms with van der Waals surface area (Å²) in [5.41, 5.74) is 4.09. The summed E-state index contributed by atoms with van der Waals surface area (Å²) in [7, 11) is 5.66. The second-order valence-corrected chi connectivity index (χ2v) is 6.58. The lowest BCUT2D eigenvalue weighted by atomic mass is 9.87. The van der Waals surface area contributed by atoms with E-state index < -0.39 is 0 Å². The molecule has 1 aliphatic heterocycles. The van der Waals surface area contributed by atoms with Gasteiger partial charge in [-0.05, 0) is 48.7 Å². The molecule has 0 aliphatic carbocycles. The Bertz CT molecular complexity index is 684. The van der Waals surface area contributed by atoms with E-state index in [1.165, 1.54) is 16.7 Å². The van der Waals surface area contributed by atoms with Gasteiger partial charge in [-0.2, -0.15) is 0 Å². The predicted molar refractivity (Wildman–Crippen MR) is 98.2 cm³/mol. The molecule has 0 N–H and O–H groups in total. The fourth-order valence-corrected chi connectivity index (χ4v) is 3.81. The summed E-state index contributed by atoms with van der Waals surface area (Å²) in [6.07, 6.45) is 2.19. The molecular formula is C21H27NO2. The Labute approximate surface area is 145 Å². The molecule has 0 bridgehead atoms. The Kier molecular flexibility index (Phi) is 5.10. The van der Waals surface area contributed by atoms with E-state index in [1.807, 2.05) is 0 Å². The highest BCUT2D eigenvalue weighted by Crippen LogP contribution is 2.39. The third-order valence-electron chi connectivity index (χ3n) is 5.24. The standard InChI is InChI=1S/C21H27NO2/c1-5-17-11-16-12-20(23-3)21(24-4)13-18(16)19(14-22(17)2)15-9-7-6-8-10-15/h6-10,12-13,17,19H,5,11,14H2,1-4H3/t17?,19-/m0/s1. The van der Waals surface area contributed by atoms with Crippen molar-refractivity contribution in [1.82, 2.24) is 4.90 Å². The molecule has 0 amide bonds. The monoisotopic (exact) mass is 325 g/mol. The van der Waals surface area contributed by atoms with Crippen LogP contribution in [-0.4, -0.2) is 38.8 Å². The van der Waals surface area contributed by atoms with Crippen LogP contribution >= 0.6 is 0 Å². The SMILES string of the molecule is CCC1Cc2cc(OC)c(OC)cc2[C@H](c2ccccc2)CN1C. The normalized spacial score (nSPS) is 21.0. The lowest BCUT2D eigenvalue weighted by Crippen LogP contribution is -2.33. The lowest BCUT2D eigenvalue weighted by Gasteiger charge is -2.27. The second-order valence-electron chi connectivity index (χ2n) is 6.58. The fourth-order valence-electron chi connectivity index (χ4n) is 3.81. The van der Waals surface area contributed by atoms with E-state index in [9.17, 15) is 0 Å². The highest BCUT2D eigenvalue weighted by molar-refractivity contribution is 5.51. The van der Waals surface area contributed by atoms with Gasteiger partial charge in [0.2, 0.25) is 0 Å². The van der Waals surface area contributed by atoms with E-state index in [0.717, 1.165) is 30.9 Å². The Hall–Kier alpha value is -2.00. The number of ether oxygens (including phenoxy) is 2. The van der Waals surface area contributed by atoms with Crippen LogP contribution in [0.2, 0.25) is 0 Å². The van der Waals surface area contributed by atoms with E-state index in [1.54, 1.807) is 14.2 Å². The van der Waals surface area contributed by atoms with Crippen molar-refractivity contribution >= 4 is 0 Å². The first-order valence-electron chi connectivity index (χ1n) is 8.67. The van der Waals surface area contributed by atoms with Gasteiger partial charge >= 0.3 is 0 Å². The molecule has 0 saturated heterocycles. The van der Waals surface area contributed by atoms with Crippen LogP contribution in [0, 0.1) is 0 Å². The summed E-state index contributed by atoms with van der Waals surface area (Å²) in [5, 5.41) is 0. The van der Waals surface area contributed by atoms with Gasteiger partial charge in [-0.15, -0.1) is 0 Å². The molecule has 128 valence electrons. The van der Waals surface area contributed by atoms with Crippen molar-refractivity contribution < 1.29 is 9.47 Å². The molecule has 3 rings (SSSR count). The van der Waals surface area contributed by atoms with E-state index in [-0.39, 0.29) is 0 Å². The number of rotatable bonds is 4. The van der Waals surface area contributed by atoms with Crippen LogP contribution in [0.15, 0.2) is 42.5 Å². The van der Waals surface area contributed by atoms with Crippen molar-refractivity contribution in [2.45, 2.75) is 31.7 Å². The maximum Gasteiger partial charge on any atom is 0.161 e. The first-order valence-corrected chi connectivity index (χ1v) is 8.67. The molecule has 2 aromatic carbocycles. The molecule has 0 aromatic heterocycles. The number of methoxy groups -OCH3 is 2. The number of fused-ring (bicyclic) bond motifs is 1. The van der Waals surface area contributed by atoms with Crippen LogP contribution in [0.4, 0.5) is 0 Å². The summed E-state index contributed by atoms with van der Waals surface area (Å²) in [6, 6.07) is 15.7. The van der Waals surface area contributed by atoms with E-state index in [2.05, 4.69) is 61.3 Å². The van der Waals surface area contributed by atoms with Crippen LogP contribution in [0.3, 0.4) is 0 Å². The number of benzene rings is 2. The molecule has 0 fully saturated rings. The zero-order valence-electron chi connectivity index (χ0n) is 15.1. The number of hydrogen-bond donors (Lipinski definition) is 0. The summed E-state index contributed by atoms with van der Waals surface area (Å²) in [4.78, 5) is 2.50. The minimum absolute atomic E-state index is 0.350. The fraction of sp³-hybridized carbons (Fsp3) is 0.429. The second kappa shape index (κ2) is 7.27. The third-order valence-corrected chi connectivity index (χ3v) is 5.24. The molecule has 1 heterocycles. The van der Waals surface area contributed by atoms with Crippen LogP contribution < -0.4 is 9.47 Å². The molecule has 3 nitrogen and oxygen atoms in total. The molecule has 3 heteroatoms. The zero-order valence-corrected chi connectivity index (χ0v) is 15.1. The Morgan fingerprint density at radius 3 is 2.33 bits per heavy atom. The molecule has 2 aromatic rings. The van der Waals surface area contributed by atoms with Gasteiger partial charge < -0.3 is 14.4 Å². The van der Waals surface area contributed by atoms with Crippen molar-refractivity contribution in [2.24, 2.45) is 0 Å². The van der Waals surface area contributed by atoms with Crippen molar-refractivity contribution in [3.8, 4) is 11.5 Å². The molecule has 24 heavy (non-hydrogen) atoms. The minimum Gasteiger partial charge on any atom is -0.493 e. The Morgan fingerprint density at radius 2 is 1.71 bits per heavy atom. The van der Waals surface area contributed by atoms with Crippen LogP contribution in [0.1, 0.15) is 36.0 Å². The molecular weight excluding hydrogens is 298 g/mol. The van der Waals surface area contributed by atoms with Gasteiger partial charge in [0.25, 0.3) is 0 Å². The maximum absolute atomic E-state index is 5.57. The summed E-state index contributed by atoms with van der Waals surface area (Å²) >= 11 is 0. The van der Waals surface area contributed by atoms with Gasteiger partial charge in [0.15, 0.2) is 11.5 Å². The topological polar surface area (TPSA) is 21.7 Å². The van der Waals surface area contributed by atoms with Gasteiger partial charge in [0, 0.05) is 18.5 Å². The lowest BCUT2D eigenvalue weighted by molar-refractivity contribution is 0.236. The molecule has 0 saturated carbocycles. The predicted octanol–water partition coefficient (Wildman–Crippen LogP) is 4.10. The smallest absolute Gasteiger partial charge is 0.161 e. The van der Waals surface area contributed by atoms with E-state index in [4.69, 9.17) is 9.47 Å². The Morgan fingerprint density at radius 1 is 1.04 bits per heavy atom. The van der Waals surface area contributed by atoms with Gasteiger partial charge in [0.05, 0.1) is 14.2 Å². The third kappa shape index (κ3) is 3.13. The van der Waals surface area contributed by atoms with E-state index >= 15 is 0 Å². The van der Waals surface area contributed by atoms with Crippen molar-refractivity contribution in [2.75, 3.05) is 27.8 Å². The van der Waals surface area contributed by atoms with Gasteiger partial charge in [-0.25, -0.2) is 0 Å². The summed E-state index contributed by atoms with van der Waals surface area (Å²) < 4.78 is 11.1. The van der Waals surface area contributed by atoms with Gasteiger partial charge in [-0.1, -0.05) is 37.3 Å². The molecule has 0 spiro atoms. The molecule has 1 aliphatic rings. The van der Waals surface area contributed by atoms with Crippen molar-refractivity contribution in [3.05, 3.63) is 59.2 Å².